The number of urea groups is 1. The molecule has 0 unspecified atom stereocenters. The first-order valence-electron chi connectivity index (χ1n) is 11.1. The minimum atomic E-state index is -1.71. The molecule has 0 aliphatic carbocycles. The van der Waals surface area contributed by atoms with Crippen LogP contribution in [0, 0.1) is 15.5 Å². The maximum atomic E-state index is 14.2. The third-order valence-corrected chi connectivity index (χ3v) is 6.77. The van der Waals surface area contributed by atoms with Crippen molar-refractivity contribution in [2.75, 3.05) is 11.9 Å². The molecule has 0 bridgehead atoms. The van der Waals surface area contributed by atoms with E-state index >= 15 is 0 Å². The summed E-state index contributed by atoms with van der Waals surface area (Å²) in [5, 5.41) is 13.8. The molecule has 35 heavy (non-hydrogen) atoms. The molecule has 5 rings (SSSR count). The first-order chi connectivity index (χ1) is 16.8. The number of rotatable bonds is 4. The van der Waals surface area contributed by atoms with Gasteiger partial charge in [-0.25, -0.2) is 4.79 Å². The first kappa shape index (κ1) is 22.3. The second-order valence-electron chi connectivity index (χ2n) is 8.78. The van der Waals surface area contributed by atoms with Crippen LogP contribution in [0.15, 0.2) is 78.9 Å². The Hall–Kier alpha value is -4.53. The van der Waals surface area contributed by atoms with E-state index in [1.54, 1.807) is 42.3 Å². The maximum Gasteiger partial charge on any atom is 0.331 e. The summed E-state index contributed by atoms with van der Waals surface area (Å²) in [5.41, 5.74) is 0.787. The number of imide groups is 2. The van der Waals surface area contributed by atoms with Crippen LogP contribution in [0.5, 0.6) is 0 Å². The van der Waals surface area contributed by atoms with Crippen LogP contribution in [0.2, 0.25) is 0 Å². The maximum absolute atomic E-state index is 14.2. The highest BCUT2D eigenvalue weighted by molar-refractivity contribution is 6.20. The number of amides is 4. The van der Waals surface area contributed by atoms with E-state index in [-0.39, 0.29) is 18.7 Å². The highest BCUT2D eigenvalue weighted by Crippen LogP contribution is 2.51. The summed E-state index contributed by atoms with van der Waals surface area (Å²) in [4.78, 5) is 54.4. The summed E-state index contributed by atoms with van der Waals surface area (Å²) in [6.45, 7) is -0.00639. The lowest BCUT2D eigenvalue weighted by Crippen LogP contribution is -2.68. The molecule has 0 saturated carbocycles. The Balaban J connectivity index is 1.69. The number of hydrogen-bond donors (Lipinski definition) is 1. The summed E-state index contributed by atoms with van der Waals surface area (Å²) in [5.74, 6) is -1.34. The van der Waals surface area contributed by atoms with Crippen molar-refractivity contribution >= 4 is 29.2 Å². The summed E-state index contributed by atoms with van der Waals surface area (Å²) >= 11 is 0. The molecule has 1 saturated heterocycles. The number of nitrogens with zero attached hydrogens (tertiary/aromatic N) is 3. The van der Waals surface area contributed by atoms with Crippen molar-refractivity contribution in [1.29, 1.82) is 0 Å². The molecule has 2 aliphatic rings. The van der Waals surface area contributed by atoms with E-state index in [0.717, 1.165) is 16.0 Å². The molecule has 0 aromatic heterocycles. The van der Waals surface area contributed by atoms with Crippen LogP contribution >= 0.6 is 0 Å². The number of barbiturate groups is 1. The van der Waals surface area contributed by atoms with Gasteiger partial charge in [0.05, 0.1) is 17.5 Å². The van der Waals surface area contributed by atoms with Gasteiger partial charge in [0.15, 0.2) is 5.41 Å². The Morgan fingerprint density at radius 3 is 2.31 bits per heavy atom. The van der Waals surface area contributed by atoms with Crippen molar-refractivity contribution < 1.29 is 19.3 Å². The van der Waals surface area contributed by atoms with Gasteiger partial charge < -0.3 is 4.90 Å². The van der Waals surface area contributed by atoms with Crippen LogP contribution in [0.1, 0.15) is 22.7 Å². The van der Waals surface area contributed by atoms with E-state index in [0.29, 0.717) is 11.3 Å². The Bertz CT molecular complexity index is 1340. The number of nitrogens with one attached hydrogen (secondary N) is 1. The average Bonchev–Trinajstić information content (AvgIpc) is 2.86. The molecule has 9 heteroatoms. The van der Waals surface area contributed by atoms with Gasteiger partial charge in [-0.15, -0.1) is 0 Å². The summed E-state index contributed by atoms with van der Waals surface area (Å²) in [6, 6.07) is 21.1. The molecular formula is C26H22N4O5. The standard InChI is InChI=1S/C26H22N4O5/c1-28-21-13-12-20(30(34)35)14-19(21)15-26(22(28)18-10-6-3-7-11-18)23(31)27-25(33)29(24(26)32)16-17-8-4-2-5-9-17/h2-14,22H,15-16H2,1H3,(H,27,31,33)/t22-,26-/m0/s1. The van der Waals surface area contributed by atoms with Crippen LogP contribution in [0.3, 0.4) is 0 Å². The van der Waals surface area contributed by atoms with Crippen LogP contribution in [-0.4, -0.2) is 34.7 Å². The van der Waals surface area contributed by atoms with E-state index in [4.69, 9.17) is 0 Å². The Labute approximate surface area is 201 Å². The van der Waals surface area contributed by atoms with Crippen molar-refractivity contribution in [1.82, 2.24) is 10.2 Å². The normalized spacial score (nSPS) is 21.6. The van der Waals surface area contributed by atoms with E-state index in [1.165, 1.54) is 12.1 Å². The van der Waals surface area contributed by atoms with E-state index < -0.39 is 34.2 Å². The van der Waals surface area contributed by atoms with E-state index in [1.807, 2.05) is 36.4 Å². The lowest BCUT2D eigenvalue weighted by atomic mass is 9.66. The zero-order chi connectivity index (χ0) is 24.7. The minimum absolute atomic E-state index is 0.00639. The number of carbonyl (C=O) groups excluding carboxylic acids is 3. The van der Waals surface area contributed by atoms with Gasteiger partial charge in [-0.1, -0.05) is 60.7 Å². The second-order valence-corrected chi connectivity index (χ2v) is 8.78. The number of hydrogen-bond acceptors (Lipinski definition) is 6. The third kappa shape index (κ3) is 3.52. The van der Waals surface area contributed by atoms with E-state index in [9.17, 15) is 24.5 Å². The molecule has 176 valence electrons. The number of benzene rings is 3. The van der Waals surface area contributed by atoms with Crippen LogP contribution in [0.4, 0.5) is 16.2 Å². The Morgan fingerprint density at radius 2 is 1.66 bits per heavy atom. The number of non-ortho nitro benzene ring substituents is 1. The topological polar surface area (TPSA) is 113 Å². The molecule has 9 nitrogen and oxygen atoms in total. The number of nitro groups is 1. The van der Waals surface area contributed by atoms with Crippen LogP contribution < -0.4 is 10.2 Å². The van der Waals surface area contributed by atoms with Gasteiger partial charge in [0.2, 0.25) is 11.8 Å². The molecule has 0 radical (unpaired) electrons. The van der Waals surface area contributed by atoms with Crippen molar-refractivity contribution in [2.45, 2.75) is 19.0 Å². The number of anilines is 1. The minimum Gasteiger partial charge on any atom is -0.366 e. The van der Waals surface area contributed by atoms with Crippen LogP contribution in [-0.2, 0) is 22.6 Å². The Morgan fingerprint density at radius 1 is 1.00 bits per heavy atom. The van der Waals surface area contributed by atoms with Gasteiger partial charge in [0, 0.05) is 31.3 Å². The lowest BCUT2D eigenvalue weighted by molar-refractivity contribution is -0.384. The average molecular weight is 470 g/mol. The lowest BCUT2D eigenvalue weighted by Gasteiger charge is -2.51. The Kier molecular flexibility index (Phi) is 5.32. The highest BCUT2D eigenvalue weighted by atomic mass is 16.6. The predicted octanol–water partition coefficient (Wildman–Crippen LogP) is 3.59. The molecule has 2 atom stereocenters. The van der Waals surface area contributed by atoms with Gasteiger partial charge in [0.25, 0.3) is 5.69 Å². The predicted molar refractivity (Wildman–Crippen MR) is 127 cm³/mol. The van der Waals surface area contributed by atoms with Gasteiger partial charge >= 0.3 is 6.03 Å². The quantitative estimate of drug-likeness (QED) is 0.354. The van der Waals surface area contributed by atoms with Gasteiger partial charge in [-0.05, 0) is 22.8 Å². The molecule has 3 aromatic rings. The molecule has 2 heterocycles. The molecular weight excluding hydrogens is 448 g/mol. The highest BCUT2D eigenvalue weighted by Gasteiger charge is 2.62. The van der Waals surface area contributed by atoms with Gasteiger partial charge in [-0.2, -0.15) is 0 Å². The molecule has 3 aromatic carbocycles. The largest absolute Gasteiger partial charge is 0.366 e. The summed E-state index contributed by atoms with van der Waals surface area (Å²) in [7, 11) is 1.75. The van der Waals surface area contributed by atoms with Crippen molar-refractivity contribution in [3.8, 4) is 0 Å². The van der Waals surface area contributed by atoms with Crippen LogP contribution in [0.25, 0.3) is 0 Å². The molecule has 4 amide bonds. The summed E-state index contributed by atoms with van der Waals surface area (Å²) in [6.07, 6.45) is -0.0862. The molecule has 1 spiro atoms. The fourth-order valence-electron chi connectivity index (χ4n) is 5.19. The zero-order valence-electron chi connectivity index (χ0n) is 18.9. The van der Waals surface area contributed by atoms with E-state index in [2.05, 4.69) is 5.32 Å². The second kappa shape index (κ2) is 8.35. The van der Waals surface area contributed by atoms with Crippen molar-refractivity contribution in [3.05, 3.63) is 106 Å². The molecule has 2 aliphatic heterocycles. The fraction of sp³-hybridized carbons (Fsp3) is 0.192. The SMILES string of the molecule is CN1c2ccc([N+](=O)[O-])cc2C[C@@]2(C(=O)NC(=O)N(Cc3ccccc3)C2=O)[C@@H]1c1ccccc1. The van der Waals surface area contributed by atoms with Gasteiger partial charge in [0.1, 0.15) is 0 Å². The first-order valence-corrected chi connectivity index (χ1v) is 11.1. The van der Waals surface area contributed by atoms with Crippen molar-refractivity contribution in [2.24, 2.45) is 5.41 Å². The third-order valence-electron chi connectivity index (χ3n) is 6.77. The van der Waals surface area contributed by atoms with Gasteiger partial charge in [-0.3, -0.25) is 29.9 Å². The number of fused-ring (bicyclic) bond motifs is 1. The zero-order valence-corrected chi connectivity index (χ0v) is 18.9. The fourth-order valence-corrected chi connectivity index (χ4v) is 5.19. The number of carbonyl (C=O) groups is 3. The number of nitro benzene ring substituents is 1. The molecule has 1 N–H and O–H groups in total. The molecule has 1 fully saturated rings. The smallest absolute Gasteiger partial charge is 0.331 e. The van der Waals surface area contributed by atoms with Crippen molar-refractivity contribution in [3.63, 3.8) is 0 Å². The summed E-state index contributed by atoms with van der Waals surface area (Å²) < 4.78 is 0. The monoisotopic (exact) mass is 470 g/mol.